The number of pyridine rings is 1. The highest BCUT2D eigenvalue weighted by atomic mass is 32.2. The molecule has 0 aliphatic carbocycles. The highest BCUT2D eigenvalue weighted by Gasteiger charge is 2.31. The molecule has 2 aromatic heterocycles. The second-order valence-corrected chi connectivity index (χ2v) is 9.02. The fourth-order valence-corrected chi connectivity index (χ4v) is 4.58. The van der Waals surface area contributed by atoms with Gasteiger partial charge in [-0.25, -0.2) is 0 Å². The summed E-state index contributed by atoms with van der Waals surface area (Å²) in [6.07, 6.45) is 4.60. The van der Waals surface area contributed by atoms with Gasteiger partial charge in [-0.05, 0) is 37.5 Å². The summed E-state index contributed by atoms with van der Waals surface area (Å²) in [4.78, 5) is 4.85. The molecule has 7 nitrogen and oxygen atoms in total. The third-order valence-electron chi connectivity index (χ3n) is 4.78. The van der Waals surface area contributed by atoms with Gasteiger partial charge in [0.05, 0.1) is 11.4 Å². The maximum atomic E-state index is 12.5. The summed E-state index contributed by atoms with van der Waals surface area (Å²) in [6.45, 7) is 4.02. The van der Waals surface area contributed by atoms with Crippen LogP contribution in [0.15, 0.2) is 30.5 Å². The zero-order valence-electron chi connectivity index (χ0n) is 15.7. The minimum Gasteiger partial charge on any atom is -0.263 e. The Balaban J connectivity index is 1.85. The van der Waals surface area contributed by atoms with Crippen LogP contribution in [0.2, 0.25) is 0 Å². The normalized spacial score (nSPS) is 19.2. The van der Waals surface area contributed by atoms with Crippen molar-refractivity contribution in [3.05, 3.63) is 36.2 Å². The van der Waals surface area contributed by atoms with E-state index >= 15 is 0 Å². The van der Waals surface area contributed by atoms with Crippen LogP contribution in [0.25, 0.3) is 11.4 Å². The standard InChI is InChI=1S/C18H27N5O2S/c1-4-12-23-18(10-11-19-23)17-9-5-8-16(20-17)15-7-6-13-22(14-15)26(24,25)21(2)3/h5,8-11,15H,4,6-7,12-14H2,1-3H3/t15-/m1/s1. The highest BCUT2D eigenvalue weighted by molar-refractivity contribution is 7.86. The van der Waals surface area contributed by atoms with Crippen LogP contribution in [0.5, 0.6) is 0 Å². The van der Waals surface area contributed by atoms with Crippen LogP contribution in [-0.4, -0.2) is 59.0 Å². The van der Waals surface area contributed by atoms with Gasteiger partial charge in [0.2, 0.25) is 0 Å². The zero-order chi connectivity index (χ0) is 18.7. The molecule has 142 valence electrons. The van der Waals surface area contributed by atoms with Crippen molar-refractivity contribution in [1.82, 2.24) is 23.4 Å². The monoisotopic (exact) mass is 377 g/mol. The van der Waals surface area contributed by atoms with Crippen LogP contribution in [0, 0.1) is 0 Å². The maximum Gasteiger partial charge on any atom is 0.281 e. The molecule has 0 amide bonds. The summed E-state index contributed by atoms with van der Waals surface area (Å²) in [7, 11) is -0.231. The third-order valence-corrected chi connectivity index (χ3v) is 6.68. The van der Waals surface area contributed by atoms with Gasteiger partial charge in [-0.15, -0.1) is 0 Å². The largest absolute Gasteiger partial charge is 0.281 e. The Hall–Kier alpha value is -1.77. The number of rotatable bonds is 6. The van der Waals surface area contributed by atoms with Gasteiger partial charge in [-0.1, -0.05) is 13.0 Å². The van der Waals surface area contributed by atoms with Crippen molar-refractivity contribution in [3.63, 3.8) is 0 Å². The van der Waals surface area contributed by atoms with Crippen LogP contribution in [-0.2, 0) is 16.8 Å². The first-order valence-corrected chi connectivity index (χ1v) is 10.5. The molecule has 2 aromatic rings. The molecule has 0 N–H and O–H groups in total. The molecule has 3 rings (SSSR count). The quantitative estimate of drug-likeness (QED) is 0.775. The van der Waals surface area contributed by atoms with E-state index < -0.39 is 10.2 Å². The van der Waals surface area contributed by atoms with Gasteiger partial charge in [0.15, 0.2) is 0 Å². The molecule has 0 radical (unpaired) electrons. The minimum atomic E-state index is -3.38. The molecule has 0 unspecified atom stereocenters. The Bertz CT molecular complexity index is 847. The van der Waals surface area contributed by atoms with Gasteiger partial charge in [-0.3, -0.25) is 9.67 Å². The Morgan fingerprint density at radius 1 is 1.27 bits per heavy atom. The smallest absolute Gasteiger partial charge is 0.263 e. The van der Waals surface area contributed by atoms with Gasteiger partial charge in [0.1, 0.15) is 0 Å². The molecule has 0 spiro atoms. The van der Waals surface area contributed by atoms with E-state index in [0.717, 1.165) is 42.9 Å². The molecular formula is C18H27N5O2S. The summed E-state index contributed by atoms with van der Waals surface area (Å²) >= 11 is 0. The fourth-order valence-electron chi connectivity index (χ4n) is 3.39. The first kappa shape index (κ1) is 19.0. The molecule has 1 fully saturated rings. The number of aromatic nitrogens is 3. The molecule has 8 heteroatoms. The fraction of sp³-hybridized carbons (Fsp3) is 0.556. The van der Waals surface area contributed by atoms with Crippen LogP contribution < -0.4 is 0 Å². The van der Waals surface area contributed by atoms with Gasteiger partial charge in [0, 0.05) is 51.5 Å². The van der Waals surface area contributed by atoms with Gasteiger partial charge >= 0.3 is 0 Å². The lowest BCUT2D eigenvalue weighted by Gasteiger charge is -2.33. The first-order valence-electron chi connectivity index (χ1n) is 9.10. The number of nitrogens with zero attached hydrogens (tertiary/aromatic N) is 5. The predicted molar refractivity (Wildman–Crippen MR) is 102 cm³/mol. The van der Waals surface area contributed by atoms with Crippen molar-refractivity contribution in [3.8, 4) is 11.4 Å². The zero-order valence-corrected chi connectivity index (χ0v) is 16.5. The van der Waals surface area contributed by atoms with E-state index in [1.165, 1.54) is 4.31 Å². The van der Waals surface area contributed by atoms with E-state index in [1.54, 1.807) is 24.6 Å². The second-order valence-electron chi connectivity index (χ2n) is 6.87. The average molecular weight is 378 g/mol. The summed E-state index contributed by atoms with van der Waals surface area (Å²) < 4.78 is 29.7. The lowest BCUT2D eigenvalue weighted by atomic mass is 9.95. The SMILES string of the molecule is CCCn1nccc1-c1cccc([C@@H]2CCCN(S(=O)(=O)N(C)C)C2)n1. The second kappa shape index (κ2) is 7.85. The number of hydrogen-bond acceptors (Lipinski definition) is 4. The predicted octanol–water partition coefficient (Wildman–Crippen LogP) is 2.34. The van der Waals surface area contributed by atoms with E-state index in [1.807, 2.05) is 28.9 Å². The van der Waals surface area contributed by atoms with Crippen LogP contribution >= 0.6 is 0 Å². The minimum absolute atomic E-state index is 0.112. The van der Waals surface area contributed by atoms with Crippen LogP contribution in [0.1, 0.15) is 37.8 Å². The molecule has 0 bridgehead atoms. The van der Waals surface area contributed by atoms with Gasteiger partial charge in [0.25, 0.3) is 10.2 Å². The van der Waals surface area contributed by atoms with Crippen molar-refractivity contribution in [1.29, 1.82) is 0 Å². The lowest BCUT2D eigenvalue weighted by Crippen LogP contribution is -2.45. The first-order chi connectivity index (χ1) is 12.4. The molecule has 1 atom stereocenters. The van der Waals surface area contributed by atoms with E-state index in [-0.39, 0.29) is 5.92 Å². The van der Waals surface area contributed by atoms with E-state index in [2.05, 4.69) is 12.0 Å². The number of piperidine rings is 1. The summed E-state index contributed by atoms with van der Waals surface area (Å²) in [5.41, 5.74) is 2.84. The summed E-state index contributed by atoms with van der Waals surface area (Å²) in [5.74, 6) is 0.112. The van der Waals surface area contributed by atoms with Crippen LogP contribution in [0.3, 0.4) is 0 Å². The van der Waals surface area contributed by atoms with Crippen molar-refractivity contribution in [2.75, 3.05) is 27.2 Å². The Morgan fingerprint density at radius 3 is 2.81 bits per heavy atom. The Kier molecular flexibility index (Phi) is 5.74. The van der Waals surface area contributed by atoms with Crippen molar-refractivity contribution in [2.45, 2.75) is 38.6 Å². The van der Waals surface area contributed by atoms with Crippen molar-refractivity contribution in [2.24, 2.45) is 0 Å². The molecule has 0 saturated carbocycles. The lowest BCUT2D eigenvalue weighted by molar-refractivity contribution is 0.296. The van der Waals surface area contributed by atoms with Gasteiger partial charge < -0.3 is 0 Å². The molecule has 1 aliphatic rings. The molecule has 1 saturated heterocycles. The molecule has 3 heterocycles. The van der Waals surface area contributed by atoms with Crippen LogP contribution in [0.4, 0.5) is 0 Å². The Labute approximate surface area is 155 Å². The molecule has 1 aliphatic heterocycles. The van der Waals surface area contributed by atoms with E-state index in [9.17, 15) is 8.42 Å². The van der Waals surface area contributed by atoms with E-state index in [4.69, 9.17) is 4.98 Å². The number of hydrogen-bond donors (Lipinski definition) is 0. The molecule has 0 aromatic carbocycles. The summed E-state index contributed by atoms with van der Waals surface area (Å²) in [6, 6.07) is 7.97. The van der Waals surface area contributed by atoms with Gasteiger partial charge in [-0.2, -0.15) is 22.1 Å². The maximum absolute atomic E-state index is 12.5. The molecule has 26 heavy (non-hydrogen) atoms. The van der Waals surface area contributed by atoms with Crippen molar-refractivity contribution >= 4 is 10.2 Å². The number of aryl methyl sites for hydroxylation is 1. The average Bonchev–Trinajstić information content (AvgIpc) is 3.10. The van der Waals surface area contributed by atoms with Crippen molar-refractivity contribution < 1.29 is 8.42 Å². The summed E-state index contributed by atoms with van der Waals surface area (Å²) in [5, 5.41) is 4.37. The third kappa shape index (κ3) is 3.82. The van der Waals surface area contributed by atoms with E-state index in [0.29, 0.717) is 13.1 Å². The Morgan fingerprint density at radius 2 is 2.08 bits per heavy atom. The highest BCUT2D eigenvalue weighted by Crippen LogP contribution is 2.29. The molecular weight excluding hydrogens is 350 g/mol. The topological polar surface area (TPSA) is 71.3 Å².